The van der Waals surface area contributed by atoms with Crippen LogP contribution in [0.2, 0.25) is 5.02 Å². The standard InChI is InChI=1S/C8H5ClFNO2/c1-13-8-3-7(11-4-12)5(9)2-6(8)10/h2-3H,1H3. The Labute approximate surface area is 78.8 Å². The van der Waals surface area contributed by atoms with Crippen molar-refractivity contribution in [2.24, 2.45) is 4.99 Å². The van der Waals surface area contributed by atoms with E-state index in [0.29, 0.717) is 0 Å². The zero-order chi connectivity index (χ0) is 9.84. The summed E-state index contributed by atoms with van der Waals surface area (Å²) in [6.07, 6.45) is 1.31. The van der Waals surface area contributed by atoms with E-state index in [0.717, 1.165) is 6.07 Å². The van der Waals surface area contributed by atoms with Gasteiger partial charge in [0.25, 0.3) is 0 Å². The summed E-state index contributed by atoms with van der Waals surface area (Å²) in [5.41, 5.74) is 0.134. The number of halogens is 2. The van der Waals surface area contributed by atoms with Gasteiger partial charge in [0.2, 0.25) is 6.08 Å². The molecule has 13 heavy (non-hydrogen) atoms. The minimum absolute atomic E-state index is 0.0154. The molecule has 0 aromatic heterocycles. The largest absolute Gasteiger partial charge is 0.494 e. The molecular weight excluding hydrogens is 197 g/mol. The molecule has 0 fully saturated rings. The summed E-state index contributed by atoms with van der Waals surface area (Å²) in [5, 5.41) is 0.0432. The second-order valence-electron chi connectivity index (χ2n) is 2.14. The lowest BCUT2D eigenvalue weighted by atomic mass is 10.3. The predicted molar refractivity (Wildman–Crippen MR) is 45.7 cm³/mol. The van der Waals surface area contributed by atoms with E-state index >= 15 is 0 Å². The van der Waals surface area contributed by atoms with Crippen LogP contribution in [-0.2, 0) is 4.79 Å². The fourth-order valence-electron chi connectivity index (χ4n) is 0.810. The first kappa shape index (κ1) is 9.71. The Balaban J connectivity index is 3.29. The molecule has 0 aliphatic rings. The molecule has 1 aromatic rings. The van der Waals surface area contributed by atoms with Crippen molar-refractivity contribution in [2.75, 3.05) is 7.11 Å². The smallest absolute Gasteiger partial charge is 0.240 e. The highest BCUT2D eigenvalue weighted by molar-refractivity contribution is 6.33. The van der Waals surface area contributed by atoms with E-state index in [4.69, 9.17) is 11.6 Å². The van der Waals surface area contributed by atoms with Crippen molar-refractivity contribution in [1.82, 2.24) is 0 Å². The second-order valence-corrected chi connectivity index (χ2v) is 2.55. The number of benzene rings is 1. The summed E-state index contributed by atoms with van der Waals surface area (Å²) < 4.78 is 17.6. The molecule has 68 valence electrons. The van der Waals surface area contributed by atoms with Crippen molar-refractivity contribution >= 4 is 23.4 Å². The molecule has 1 aromatic carbocycles. The highest BCUT2D eigenvalue weighted by Crippen LogP contribution is 2.31. The van der Waals surface area contributed by atoms with Crippen LogP contribution in [-0.4, -0.2) is 13.2 Å². The van der Waals surface area contributed by atoms with Gasteiger partial charge in [-0.25, -0.2) is 9.18 Å². The van der Waals surface area contributed by atoms with Gasteiger partial charge in [-0.15, -0.1) is 0 Å². The third-order valence-electron chi connectivity index (χ3n) is 1.39. The van der Waals surface area contributed by atoms with E-state index in [1.165, 1.54) is 19.3 Å². The van der Waals surface area contributed by atoms with Gasteiger partial charge in [-0.1, -0.05) is 11.6 Å². The third kappa shape index (κ3) is 2.05. The maximum Gasteiger partial charge on any atom is 0.240 e. The maximum absolute atomic E-state index is 12.9. The van der Waals surface area contributed by atoms with Gasteiger partial charge in [0, 0.05) is 6.07 Å². The Hall–Kier alpha value is -1.38. The molecule has 0 saturated heterocycles. The summed E-state index contributed by atoms with van der Waals surface area (Å²) in [5.74, 6) is -0.615. The van der Waals surface area contributed by atoms with Crippen molar-refractivity contribution in [2.45, 2.75) is 0 Å². The predicted octanol–water partition coefficient (Wildman–Crippen LogP) is 2.46. The molecule has 0 aliphatic carbocycles. The number of hydrogen-bond acceptors (Lipinski definition) is 3. The van der Waals surface area contributed by atoms with E-state index in [2.05, 4.69) is 9.73 Å². The topological polar surface area (TPSA) is 38.7 Å². The Morgan fingerprint density at radius 1 is 1.62 bits per heavy atom. The molecule has 0 atom stereocenters. The monoisotopic (exact) mass is 201 g/mol. The Morgan fingerprint density at radius 2 is 2.31 bits per heavy atom. The zero-order valence-electron chi connectivity index (χ0n) is 6.67. The van der Waals surface area contributed by atoms with Gasteiger partial charge in [0.1, 0.15) is 0 Å². The number of ether oxygens (including phenoxy) is 1. The number of methoxy groups -OCH3 is 1. The molecule has 0 radical (unpaired) electrons. The lowest BCUT2D eigenvalue weighted by Crippen LogP contribution is -1.87. The van der Waals surface area contributed by atoms with Crippen LogP contribution < -0.4 is 4.74 Å². The summed E-state index contributed by atoms with van der Waals surface area (Å²) in [6.45, 7) is 0. The van der Waals surface area contributed by atoms with Gasteiger partial charge in [-0.2, -0.15) is 4.99 Å². The summed E-state index contributed by atoms with van der Waals surface area (Å²) in [6, 6.07) is 2.25. The SMILES string of the molecule is COc1cc(N=C=O)c(Cl)cc1F. The molecule has 0 saturated carbocycles. The van der Waals surface area contributed by atoms with E-state index in [9.17, 15) is 9.18 Å². The molecule has 0 spiro atoms. The molecule has 3 nitrogen and oxygen atoms in total. The van der Waals surface area contributed by atoms with Crippen LogP contribution in [0.3, 0.4) is 0 Å². The Morgan fingerprint density at radius 3 is 2.85 bits per heavy atom. The molecule has 0 amide bonds. The first-order valence-corrected chi connectivity index (χ1v) is 3.67. The normalized spacial score (nSPS) is 9.15. The van der Waals surface area contributed by atoms with Crippen LogP contribution in [0.25, 0.3) is 0 Å². The molecule has 0 bridgehead atoms. The Bertz CT molecular complexity index is 375. The molecule has 5 heteroatoms. The third-order valence-corrected chi connectivity index (χ3v) is 1.69. The Kier molecular flexibility index (Phi) is 3.01. The lowest BCUT2D eigenvalue weighted by Gasteiger charge is -2.02. The van der Waals surface area contributed by atoms with Gasteiger partial charge >= 0.3 is 0 Å². The minimum Gasteiger partial charge on any atom is -0.494 e. The average molecular weight is 202 g/mol. The quantitative estimate of drug-likeness (QED) is 0.545. The number of nitrogens with zero attached hydrogens (tertiary/aromatic N) is 1. The number of aliphatic imine (C=N–C) groups is 1. The van der Waals surface area contributed by atoms with E-state index < -0.39 is 5.82 Å². The first-order valence-electron chi connectivity index (χ1n) is 3.30. The van der Waals surface area contributed by atoms with Crippen LogP contribution in [0, 0.1) is 5.82 Å². The van der Waals surface area contributed by atoms with Crippen molar-refractivity contribution in [3.05, 3.63) is 23.0 Å². The van der Waals surface area contributed by atoms with Crippen molar-refractivity contribution in [1.29, 1.82) is 0 Å². The summed E-state index contributed by atoms with van der Waals surface area (Å²) in [4.78, 5) is 13.2. The fraction of sp³-hybridized carbons (Fsp3) is 0.125. The van der Waals surface area contributed by atoms with Crippen LogP contribution in [0.4, 0.5) is 10.1 Å². The van der Waals surface area contributed by atoms with Crippen molar-refractivity contribution in [3.63, 3.8) is 0 Å². The van der Waals surface area contributed by atoms with Crippen LogP contribution in [0.1, 0.15) is 0 Å². The first-order chi connectivity index (χ1) is 6.19. The maximum atomic E-state index is 12.9. The molecule has 0 heterocycles. The number of hydrogen-bond donors (Lipinski definition) is 0. The highest BCUT2D eigenvalue weighted by atomic mass is 35.5. The van der Waals surface area contributed by atoms with Gasteiger partial charge in [0.05, 0.1) is 17.8 Å². The van der Waals surface area contributed by atoms with Gasteiger partial charge < -0.3 is 4.74 Å². The lowest BCUT2D eigenvalue weighted by molar-refractivity contribution is 0.387. The second kappa shape index (κ2) is 4.03. The van der Waals surface area contributed by atoms with Crippen LogP contribution >= 0.6 is 11.6 Å². The average Bonchev–Trinajstić information content (AvgIpc) is 2.10. The van der Waals surface area contributed by atoms with Crippen LogP contribution in [0.5, 0.6) is 5.75 Å². The number of carbonyl (C=O) groups excluding carboxylic acids is 1. The van der Waals surface area contributed by atoms with Gasteiger partial charge in [-0.3, -0.25) is 0 Å². The van der Waals surface area contributed by atoms with Gasteiger partial charge in [0.15, 0.2) is 11.6 Å². The van der Waals surface area contributed by atoms with Crippen molar-refractivity contribution in [3.8, 4) is 5.75 Å². The molecule has 0 N–H and O–H groups in total. The van der Waals surface area contributed by atoms with Crippen molar-refractivity contribution < 1.29 is 13.9 Å². The van der Waals surface area contributed by atoms with Crippen LogP contribution in [0.15, 0.2) is 17.1 Å². The number of isocyanates is 1. The molecule has 0 aliphatic heterocycles. The highest BCUT2D eigenvalue weighted by Gasteiger charge is 2.07. The van der Waals surface area contributed by atoms with E-state index in [1.54, 1.807) is 0 Å². The fourth-order valence-corrected chi connectivity index (χ4v) is 1.00. The molecule has 1 rings (SSSR count). The molecular formula is C8H5ClFNO2. The van der Waals surface area contributed by atoms with E-state index in [-0.39, 0.29) is 16.5 Å². The summed E-state index contributed by atoms with van der Waals surface area (Å²) >= 11 is 5.57. The zero-order valence-corrected chi connectivity index (χ0v) is 7.43. The number of rotatable bonds is 2. The van der Waals surface area contributed by atoms with E-state index in [1.807, 2.05) is 0 Å². The molecule has 0 unspecified atom stereocenters. The minimum atomic E-state index is -0.600. The summed E-state index contributed by atoms with van der Waals surface area (Å²) in [7, 11) is 1.31. The van der Waals surface area contributed by atoms with Gasteiger partial charge in [-0.05, 0) is 6.07 Å².